The molecule has 30 heavy (non-hydrogen) atoms. The molecule has 3 rings (SSSR count). The molecule has 1 unspecified atom stereocenters. The lowest BCUT2D eigenvalue weighted by Crippen LogP contribution is -2.21. The molecule has 0 bridgehead atoms. The minimum absolute atomic E-state index is 0.0327. The van der Waals surface area contributed by atoms with Gasteiger partial charge in [0.05, 0.1) is 20.8 Å². The van der Waals surface area contributed by atoms with E-state index in [1.807, 2.05) is 60.8 Å². The van der Waals surface area contributed by atoms with Crippen molar-refractivity contribution in [2.45, 2.75) is 12.6 Å². The molecular formula is C23H26N2O5. The minimum Gasteiger partial charge on any atom is -0.493 e. The van der Waals surface area contributed by atoms with Crippen molar-refractivity contribution in [3.05, 3.63) is 72.6 Å². The summed E-state index contributed by atoms with van der Waals surface area (Å²) in [6.07, 6.45) is 2.68. The topological polar surface area (TPSA) is 84.3 Å². The third-order valence-electron chi connectivity index (χ3n) is 4.54. The van der Waals surface area contributed by atoms with E-state index in [1.165, 1.54) is 0 Å². The quantitative estimate of drug-likeness (QED) is 0.531. The normalized spacial score (nSPS) is 11.6. The predicted molar refractivity (Wildman–Crippen MR) is 115 cm³/mol. The van der Waals surface area contributed by atoms with Gasteiger partial charge in [0.25, 0.3) is 0 Å². The Kier molecular flexibility index (Phi) is 7.48. The average Bonchev–Trinajstić information content (AvgIpc) is 2.81. The molecular weight excluding hydrogens is 384 g/mol. The first-order valence-corrected chi connectivity index (χ1v) is 9.55. The fourth-order valence-corrected chi connectivity index (χ4v) is 2.97. The van der Waals surface area contributed by atoms with Crippen LogP contribution in [0.3, 0.4) is 0 Å². The number of hydrogen-bond acceptors (Lipinski definition) is 7. The van der Waals surface area contributed by atoms with Crippen LogP contribution in [0, 0.1) is 0 Å². The summed E-state index contributed by atoms with van der Waals surface area (Å²) in [5, 5.41) is 18.4. The maximum Gasteiger partial charge on any atom is 0.162 e. The summed E-state index contributed by atoms with van der Waals surface area (Å²) in [5.41, 5.74) is 2.93. The molecule has 0 spiro atoms. The van der Waals surface area contributed by atoms with Gasteiger partial charge in [-0.05, 0) is 48.0 Å². The number of pyridine rings is 1. The third kappa shape index (κ3) is 5.40. The zero-order valence-electron chi connectivity index (χ0n) is 17.1. The number of aromatic nitrogens is 1. The molecule has 0 saturated heterocycles. The Labute approximate surface area is 176 Å². The lowest BCUT2D eigenvalue weighted by atomic mass is 10.1. The molecule has 2 N–H and O–H groups in total. The summed E-state index contributed by atoms with van der Waals surface area (Å²) in [6.45, 7) is 0.300. The molecule has 0 radical (unpaired) electrons. The highest BCUT2D eigenvalue weighted by molar-refractivity contribution is 5.67. The number of benzene rings is 2. The molecule has 1 aromatic heterocycles. The van der Waals surface area contributed by atoms with E-state index in [0.29, 0.717) is 23.8 Å². The Balaban J connectivity index is 1.90. The number of rotatable bonds is 10. The number of aliphatic hydroxyl groups is 2. The van der Waals surface area contributed by atoms with Crippen LogP contribution in [-0.4, -0.2) is 48.7 Å². The molecule has 0 amide bonds. The first-order valence-electron chi connectivity index (χ1n) is 9.55. The standard InChI is InChI=1S/C23H26N2O5/c1-28-22-10-7-19(12-23(22)29-2)25(14-17-4-3-11-24-13-17)18-5-8-21(9-6-18)30-16-20(27)15-26/h3-13,20,26-27H,14-16H2,1-2H3. The van der Waals surface area contributed by atoms with E-state index in [9.17, 15) is 5.11 Å². The van der Waals surface area contributed by atoms with Gasteiger partial charge >= 0.3 is 0 Å². The second kappa shape index (κ2) is 10.5. The summed E-state index contributed by atoms with van der Waals surface area (Å²) in [4.78, 5) is 6.34. The van der Waals surface area contributed by atoms with E-state index in [-0.39, 0.29) is 13.2 Å². The van der Waals surface area contributed by atoms with Gasteiger partial charge in [0, 0.05) is 36.4 Å². The van der Waals surface area contributed by atoms with Crippen LogP contribution in [0.2, 0.25) is 0 Å². The van der Waals surface area contributed by atoms with Crippen LogP contribution in [0.15, 0.2) is 67.0 Å². The first kappa shape index (κ1) is 21.4. The molecule has 7 nitrogen and oxygen atoms in total. The zero-order valence-corrected chi connectivity index (χ0v) is 17.1. The van der Waals surface area contributed by atoms with E-state index < -0.39 is 6.10 Å². The molecule has 2 aromatic carbocycles. The highest BCUT2D eigenvalue weighted by atomic mass is 16.5. The maximum atomic E-state index is 9.46. The van der Waals surface area contributed by atoms with Crippen LogP contribution in [0.1, 0.15) is 5.56 Å². The van der Waals surface area contributed by atoms with Gasteiger partial charge in [-0.3, -0.25) is 4.98 Å². The van der Waals surface area contributed by atoms with Crippen molar-refractivity contribution in [1.82, 2.24) is 4.98 Å². The van der Waals surface area contributed by atoms with E-state index in [0.717, 1.165) is 16.9 Å². The van der Waals surface area contributed by atoms with Crippen LogP contribution in [0.25, 0.3) is 0 Å². The van der Waals surface area contributed by atoms with Crippen molar-refractivity contribution >= 4 is 11.4 Å². The van der Waals surface area contributed by atoms with Gasteiger partial charge in [-0.25, -0.2) is 0 Å². The van der Waals surface area contributed by atoms with E-state index >= 15 is 0 Å². The van der Waals surface area contributed by atoms with Gasteiger partial charge in [-0.15, -0.1) is 0 Å². The van der Waals surface area contributed by atoms with Crippen molar-refractivity contribution in [3.63, 3.8) is 0 Å². The summed E-state index contributed by atoms with van der Waals surface area (Å²) in [5.74, 6) is 1.91. The lowest BCUT2D eigenvalue weighted by Gasteiger charge is -2.26. The van der Waals surface area contributed by atoms with Crippen LogP contribution in [0.4, 0.5) is 11.4 Å². The molecule has 0 aliphatic rings. The summed E-state index contributed by atoms with van der Waals surface area (Å²) in [7, 11) is 3.22. The summed E-state index contributed by atoms with van der Waals surface area (Å²) < 4.78 is 16.3. The van der Waals surface area contributed by atoms with E-state index in [2.05, 4.69) is 9.88 Å². The number of ether oxygens (including phenoxy) is 3. The molecule has 158 valence electrons. The maximum absolute atomic E-state index is 9.46. The molecule has 0 saturated carbocycles. The SMILES string of the molecule is COc1ccc(N(Cc2cccnc2)c2ccc(OCC(O)CO)cc2)cc1OC. The van der Waals surface area contributed by atoms with Crippen LogP contribution in [-0.2, 0) is 6.54 Å². The monoisotopic (exact) mass is 410 g/mol. The van der Waals surface area contributed by atoms with Crippen LogP contribution >= 0.6 is 0 Å². The number of hydrogen-bond donors (Lipinski definition) is 2. The van der Waals surface area contributed by atoms with Gasteiger partial charge in [0.2, 0.25) is 0 Å². The molecule has 7 heteroatoms. The second-order valence-electron chi connectivity index (χ2n) is 6.63. The lowest BCUT2D eigenvalue weighted by molar-refractivity contribution is 0.0536. The molecule has 3 aromatic rings. The van der Waals surface area contributed by atoms with Gasteiger partial charge < -0.3 is 29.3 Å². The second-order valence-corrected chi connectivity index (χ2v) is 6.63. The Hall–Kier alpha value is -3.29. The van der Waals surface area contributed by atoms with Gasteiger partial charge in [0.15, 0.2) is 11.5 Å². The predicted octanol–water partition coefficient (Wildman–Crippen LogP) is 3.17. The highest BCUT2D eigenvalue weighted by Gasteiger charge is 2.14. The summed E-state index contributed by atoms with van der Waals surface area (Å²) >= 11 is 0. The molecule has 0 aliphatic heterocycles. The number of methoxy groups -OCH3 is 2. The Bertz CT molecular complexity index is 919. The van der Waals surface area contributed by atoms with Crippen molar-refractivity contribution in [1.29, 1.82) is 0 Å². The van der Waals surface area contributed by atoms with Gasteiger partial charge in [0.1, 0.15) is 18.5 Å². The number of anilines is 2. The number of aliphatic hydroxyl groups excluding tert-OH is 2. The third-order valence-corrected chi connectivity index (χ3v) is 4.54. The minimum atomic E-state index is -0.904. The summed E-state index contributed by atoms with van der Waals surface area (Å²) in [6, 6.07) is 17.2. The fourth-order valence-electron chi connectivity index (χ4n) is 2.97. The Morgan fingerprint density at radius 1 is 0.967 bits per heavy atom. The largest absolute Gasteiger partial charge is 0.493 e. The first-order chi connectivity index (χ1) is 14.6. The van der Waals surface area contributed by atoms with E-state index in [1.54, 1.807) is 20.4 Å². The highest BCUT2D eigenvalue weighted by Crippen LogP contribution is 2.36. The van der Waals surface area contributed by atoms with E-state index in [4.69, 9.17) is 19.3 Å². The molecule has 1 heterocycles. The van der Waals surface area contributed by atoms with Crippen LogP contribution < -0.4 is 19.1 Å². The van der Waals surface area contributed by atoms with Crippen molar-refractivity contribution in [3.8, 4) is 17.2 Å². The fraction of sp³-hybridized carbons (Fsp3) is 0.261. The van der Waals surface area contributed by atoms with Crippen molar-refractivity contribution in [2.24, 2.45) is 0 Å². The zero-order chi connectivity index (χ0) is 21.3. The molecule has 0 fully saturated rings. The van der Waals surface area contributed by atoms with Crippen LogP contribution in [0.5, 0.6) is 17.2 Å². The Morgan fingerprint density at radius 3 is 2.33 bits per heavy atom. The Morgan fingerprint density at radius 2 is 1.70 bits per heavy atom. The van der Waals surface area contributed by atoms with Gasteiger partial charge in [-0.1, -0.05) is 6.07 Å². The molecule has 0 aliphatic carbocycles. The smallest absolute Gasteiger partial charge is 0.162 e. The average molecular weight is 410 g/mol. The molecule has 1 atom stereocenters. The van der Waals surface area contributed by atoms with Crippen molar-refractivity contribution < 1.29 is 24.4 Å². The van der Waals surface area contributed by atoms with Crippen molar-refractivity contribution in [2.75, 3.05) is 32.3 Å². The number of nitrogens with zero attached hydrogens (tertiary/aromatic N) is 2. The van der Waals surface area contributed by atoms with Gasteiger partial charge in [-0.2, -0.15) is 0 Å².